The van der Waals surface area contributed by atoms with Gasteiger partial charge in [0.2, 0.25) is 0 Å². The first-order chi connectivity index (χ1) is 9.60. The normalized spacial score (nSPS) is 10.1. The number of hydrogen-bond donors (Lipinski definition) is 0. The molecule has 0 aliphatic rings. The fraction of sp³-hybridized carbons (Fsp3) is 0.133. The van der Waals surface area contributed by atoms with Crippen molar-refractivity contribution in [1.29, 1.82) is 0 Å². The molecular formula is C15H14BBrO3. The summed E-state index contributed by atoms with van der Waals surface area (Å²) in [7, 11) is 3.18. The van der Waals surface area contributed by atoms with Gasteiger partial charge < -0.3 is 14.3 Å². The summed E-state index contributed by atoms with van der Waals surface area (Å²) < 4.78 is 11.6. The third-order valence-electron chi connectivity index (χ3n) is 2.89. The third-order valence-corrected chi connectivity index (χ3v) is 3.51. The van der Waals surface area contributed by atoms with Gasteiger partial charge in [-0.25, -0.2) is 0 Å². The predicted molar refractivity (Wildman–Crippen MR) is 84.3 cm³/mol. The Labute approximate surface area is 127 Å². The molecule has 3 nitrogen and oxygen atoms in total. The van der Waals surface area contributed by atoms with Crippen LogP contribution >= 0.6 is 15.9 Å². The summed E-state index contributed by atoms with van der Waals surface area (Å²) in [5, 5.41) is 0. The monoisotopic (exact) mass is 332 g/mol. The highest BCUT2D eigenvalue weighted by molar-refractivity contribution is 9.10. The van der Waals surface area contributed by atoms with Crippen molar-refractivity contribution in [3.05, 3.63) is 58.1 Å². The topological polar surface area (TPSA) is 35.5 Å². The number of carbonyl (C=O) groups is 1. The summed E-state index contributed by atoms with van der Waals surface area (Å²) in [6.07, 6.45) is 0. The second-order valence-corrected chi connectivity index (χ2v) is 5.19. The minimum Gasteiger partial charge on any atom is -0.497 e. The predicted octanol–water partition coefficient (Wildman–Crippen LogP) is 2.81. The van der Waals surface area contributed by atoms with Gasteiger partial charge >= 0.3 is 0 Å². The number of halogens is 1. The third kappa shape index (κ3) is 3.64. The average Bonchev–Trinajstić information content (AvgIpc) is 2.46. The lowest BCUT2D eigenvalue weighted by Crippen LogP contribution is -2.00. The van der Waals surface area contributed by atoms with Gasteiger partial charge in [-0.05, 0) is 51.8 Å². The van der Waals surface area contributed by atoms with Crippen molar-refractivity contribution in [1.82, 2.24) is 0 Å². The summed E-state index contributed by atoms with van der Waals surface area (Å²) in [5.74, 6) is 1.53. The van der Waals surface area contributed by atoms with Crippen molar-refractivity contribution in [2.75, 3.05) is 7.11 Å². The highest BCUT2D eigenvalue weighted by atomic mass is 79.9. The molecule has 2 aromatic rings. The lowest BCUT2D eigenvalue weighted by Gasteiger charge is -2.09. The average molecular weight is 333 g/mol. The van der Waals surface area contributed by atoms with Crippen molar-refractivity contribution >= 4 is 29.5 Å². The minimum absolute atomic E-state index is 0.0346. The number of carbonyl (C=O) groups excluding carboxylic acids is 1. The number of rotatable bonds is 5. The van der Waals surface area contributed by atoms with E-state index in [1.165, 1.54) is 0 Å². The van der Waals surface area contributed by atoms with Gasteiger partial charge in [-0.1, -0.05) is 12.1 Å². The fourth-order valence-corrected chi connectivity index (χ4v) is 2.21. The smallest absolute Gasteiger partial charge is 0.193 e. The quantitative estimate of drug-likeness (QED) is 0.790. The van der Waals surface area contributed by atoms with Crippen LogP contribution in [0.25, 0.3) is 0 Å². The SMILES string of the molecule is BC(=O)c1ccc(OCc2ccc(OC)cc2)c(Br)c1. The van der Waals surface area contributed by atoms with Gasteiger partial charge in [0.15, 0.2) is 7.85 Å². The maximum Gasteiger partial charge on any atom is 0.193 e. The molecule has 0 amide bonds. The molecule has 0 aliphatic heterocycles. The van der Waals surface area contributed by atoms with Crippen LogP contribution in [0.4, 0.5) is 0 Å². The first-order valence-corrected chi connectivity index (χ1v) is 6.95. The molecule has 5 heteroatoms. The zero-order valence-electron chi connectivity index (χ0n) is 11.4. The van der Waals surface area contributed by atoms with Gasteiger partial charge in [0.05, 0.1) is 11.6 Å². The summed E-state index contributed by atoms with van der Waals surface area (Å²) in [6.45, 7) is 0.460. The van der Waals surface area contributed by atoms with E-state index in [-0.39, 0.29) is 5.68 Å². The maximum atomic E-state index is 11.3. The zero-order valence-corrected chi connectivity index (χ0v) is 12.9. The number of ether oxygens (including phenoxy) is 2. The number of methoxy groups -OCH3 is 1. The molecule has 0 aromatic heterocycles. The van der Waals surface area contributed by atoms with E-state index in [1.807, 2.05) is 24.3 Å². The lowest BCUT2D eigenvalue weighted by atomic mass is 9.95. The molecule has 2 aromatic carbocycles. The van der Waals surface area contributed by atoms with E-state index in [9.17, 15) is 4.79 Å². The lowest BCUT2D eigenvalue weighted by molar-refractivity contribution is 0.108. The van der Waals surface area contributed by atoms with Crippen molar-refractivity contribution in [2.45, 2.75) is 6.61 Å². The van der Waals surface area contributed by atoms with Crippen LogP contribution in [0.1, 0.15) is 15.9 Å². The van der Waals surface area contributed by atoms with Gasteiger partial charge in [-0.2, -0.15) is 0 Å². The van der Waals surface area contributed by atoms with Crippen molar-refractivity contribution in [2.24, 2.45) is 0 Å². The van der Waals surface area contributed by atoms with E-state index in [2.05, 4.69) is 15.9 Å². The first kappa shape index (κ1) is 14.7. The Balaban J connectivity index is 2.04. The Morgan fingerprint density at radius 3 is 2.45 bits per heavy atom. The Kier molecular flexibility index (Phi) is 4.85. The highest BCUT2D eigenvalue weighted by Crippen LogP contribution is 2.27. The minimum atomic E-state index is 0.0346. The molecule has 0 N–H and O–H groups in total. The van der Waals surface area contributed by atoms with Gasteiger partial charge in [-0.15, -0.1) is 0 Å². The molecule has 20 heavy (non-hydrogen) atoms. The summed E-state index contributed by atoms with van der Waals surface area (Å²) in [5.41, 5.74) is 1.74. The van der Waals surface area contributed by atoms with Crippen LogP contribution in [-0.2, 0) is 6.61 Å². The van der Waals surface area contributed by atoms with Crippen molar-refractivity contribution in [3.8, 4) is 11.5 Å². The largest absolute Gasteiger partial charge is 0.497 e. The van der Waals surface area contributed by atoms with Crippen LogP contribution < -0.4 is 9.47 Å². The van der Waals surface area contributed by atoms with Crippen LogP contribution in [0.2, 0.25) is 0 Å². The highest BCUT2D eigenvalue weighted by Gasteiger charge is 2.06. The second-order valence-electron chi connectivity index (χ2n) is 4.34. The van der Waals surface area contributed by atoms with Crippen LogP contribution in [-0.4, -0.2) is 20.6 Å². The molecule has 2 rings (SSSR count). The van der Waals surface area contributed by atoms with E-state index in [0.717, 1.165) is 15.8 Å². The van der Waals surface area contributed by atoms with E-state index >= 15 is 0 Å². The molecule has 0 fully saturated rings. The van der Waals surface area contributed by atoms with Crippen LogP contribution in [0.3, 0.4) is 0 Å². The van der Waals surface area contributed by atoms with E-state index < -0.39 is 0 Å². The van der Waals surface area contributed by atoms with Crippen LogP contribution in [0.15, 0.2) is 46.9 Å². The van der Waals surface area contributed by atoms with Crippen molar-refractivity contribution < 1.29 is 14.3 Å². The molecule has 0 atom stereocenters. The Bertz CT molecular complexity index is 611. The molecule has 0 heterocycles. The van der Waals surface area contributed by atoms with Crippen LogP contribution in [0, 0.1) is 0 Å². The summed E-state index contributed by atoms with van der Waals surface area (Å²) in [4.78, 5) is 11.3. The number of benzene rings is 2. The van der Waals surface area contributed by atoms with Crippen LogP contribution in [0.5, 0.6) is 11.5 Å². The molecule has 102 valence electrons. The Morgan fingerprint density at radius 1 is 1.20 bits per heavy atom. The molecule has 0 bridgehead atoms. The van der Waals surface area contributed by atoms with E-state index in [1.54, 1.807) is 33.2 Å². The van der Waals surface area contributed by atoms with E-state index in [4.69, 9.17) is 9.47 Å². The molecule has 0 saturated heterocycles. The fourth-order valence-electron chi connectivity index (χ4n) is 1.72. The molecule has 0 radical (unpaired) electrons. The first-order valence-electron chi connectivity index (χ1n) is 6.16. The standard InChI is InChI=1S/C15H14BBrO3/c1-19-12-5-2-10(3-6-12)9-20-14-7-4-11(15(16)18)8-13(14)17/h2-8H,9,16H2,1H3. The second kappa shape index (κ2) is 6.61. The molecule has 0 saturated carbocycles. The molecular weight excluding hydrogens is 319 g/mol. The Hall–Kier alpha value is -1.75. The zero-order chi connectivity index (χ0) is 14.5. The van der Waals surface area contributed by atoms with Gasteiger partial charge in [-0.3, -0.25) is 0 Å². The summed E-state index contributed by atoms with van der Waals surface area (Å²) >= 11 is 3.41. The molecule has 0 unspecified atom stereocenters. The van der Waals surface area contributed by atoms with Crippen molar-refractivity contribution in [3.63, 3.8) is 0 Å². The number of hydrogen-bond acceptors (Lipinski definition) is 3. The van der Waals surface area contributed by atoms with Gasteiger partial charge in [0, 0.05) is 5.56 Å². The molecule has 0 aliphatic carbocycles. The molecule has 0 spiro atoms. The van der Waals surface area contributed by atoms with Gasteiger partial charge in [0.1, 0.15) is 23.8 Å². The van der Waals surface area contributed by atoms with Gasteiger partial charge in [0.25, 0.3) is 0 Å². The van der Waals surface area contributed by atoms with E-state index in [0.29, 0.717) is 17.9 Å². The maximum absolute atomic E-state index is 11.3. The summed E-state index contributed by atoms with van der Waals surface area (Å²) in [6, 6.07) is 13.0. The Morgan fingerprint density at radius 2 is 1.90 bits per heavy atom.